The van der Waals surface area contributed by atoms with E-state index in [1.165, 1.54) is 42.6 Å². The molecule has 0 saturated carbocycles. The molecule has 0 aliphatic carbocycles. The number of methoxy groups -OCH3 is 1. The Bertz CT molecular complexity index is 1060. The fourth-order valence-electron chi connectivity index (χ4n) is 2.48. The van der Waals surface area contributed by atoms with Crippen molar-refractivity contribution in [3.63, 3.8) is 0 Å². The van der Waals surface area contributed by atoms with E-state index in [0.717, 1.165) is 5.75 Å². The Hall–Kier alpha value is -3.16. The molecule has 0 amide bonds. The zero-order valence-corrected chi connectivity index (χ0v) is 18.0. The van der Waals surface area contributed by atoms with Crippen LogP contribution in [0.3, 0.4) is 0 Å². The van der Waals surface area contributed by atoms with Gasteiger partial charge in [-0.1, -0.05) is 12.1 Å². The van der Waals surface area contributed by atoms with Gasteiger partial charge in [0.2, 0.25) is 5.69 Å². The smallest absolute Gasteiger partial charge is 0.204 e. The maximum atomic E-state index is 10.4. The lowest BCUT2D eigenvalue weighted by atomic mass is 10.2. The topological polar surface area (TPSA) is 79.5 Å². The van der Waals surface area contributed by atoms with Crippen LogP contribution in [0, 0.1) is 0 Å². The van der Waals surface area contributed by atoms with Crippen molar-refractivity contribution in [2.24, 2.45) is 7.05 Å². The van der Waals surface area contributed by atoms with Crippen LogP contribution in [0.4, 0.5) is 0 Å². The van der Waals surface area contributed by atoms with Crippen LogP contribution in [0.15, 0.2) is 77.8 Å². The van der Waals surface area contributed by atoms with Gasteiger partial charge in [0.1, 0.15) is 28.7 Å². The van der Waals surface area contributed by atoms with Gasteiger partial charge in [-0.2, -0.15) is 0 Å². The molecule has 0 aliphatic heterocycles. The summed E-state index contributed by atoms with van der Waals surface area (Å²) in [6.45, 7) is 2.69. The Morgan fingerprint density at radius 3 is 2.10 bits per heavy atom. The lowest BCUT2D eigenvalue weighted by Gasteiger charge is -2.06. The molecular formula is C23H25NO5S. The number of hydrogen-bond acceptors (Lipinski definition) is 5. The van der Waals surface area contributed by atoms with Crippen molar-refractivity contribution in [1.82, 2.24) is 0 Å². The van der Waals surface area contributed by atoms with Crippen LogP contribution in [0.2, 0.25) is 0 Å². The first kappa shape index (κ1) is 23.1. The zero-order chi connectivity index (χ0) is 22.0. The van der Waals surface area contributed by atoms with Crippen LogP contribution in [0.5, 0.6) is 11.5 Å². The second kappa shape index (κ2) is 11.1. The van der Waals surface area contributed by atoms with Gasteiger partial charge in [0.25, 0.3) is 0 Å². The third-order valence-electron chi connectivity index (χ3n) is 4.08. The van der Waals surface area contributed by atoms with Gasteiger partial charge in [-0.15, -0.1) is 0 Å². The molecule has 158 valence electrons. The predicted octanol–water partition coefficient (Wildman–Crippen LogP) is 3.68. The van der Waals surface area contributed by atoms with Crippen molar-refractivity contribution in [1.29, 1.82) is 0 Å². The predicted molar refractivity (Wildman–Crippen MR) is 115 cm³/mol. The van der Waals surface area contributed by atoms with Crippen LogP contribution in [-0.4, -0.2) is 26.7 Å². The van der Waals surface area contributed by atoms with Crippen LogP contribution >= 0.6 is 0 Å². The molecule has 0 aliphatic rings. The maximum absolute atomic E-state index is 10.4. The third kappa shape index (κ3) is 7.35. The molecule has 3 aromatic rings. The first-order chi connectivity index (χ1) is 14.3. The number of aryl methyl sites for hydroxylation is 1. The van der Waals surface area contributed by atoms with Crippen molar-refractivity contribution in [3.05, 3.63) is 84.2 Å². The monoisotopic (exact) mass is 427 g/mol. The average molecular weight is 428 g/mol. The van der Waals surface area contributed by atoms with E-state index in [9.17, 15) is 13.0 Å². The van der Waals surface area contributed by atoms with Crippen molar-refractivity contribution >= 4 is 22.3 Å². The van der Waals surface area contributed by atoms with Crippen molar-refractivity contribution in [2.75, 3.05) is 13.7 Å². The summed E-state index contributed by atoms with van der Waals surface area (Å²) >= 11 is 0. The molecule has 1 heterocycles. The van der Waals surface area contributed by atoms with E-state index in [1.54, 1.807) is 0 Å². The van der Waals surface area contributed by atoms with Gasteiger partial charge in [0, 0.05) is 18.2 Å². The van der Waals surface area contributed by atoms with Gasteiger partial charge in [0.05, 0.1) is 18.6 Å². The fraction of sp³-hybridized carbons (Fsp3) is 0.174. The number of pyridine rings is 1. The number of ether oxygens (including phenoxy) is 2. The number of nitrogens with zero attached hydrogens (tertiary/aromatic N) is 1. The Balaban J connectivity index is 0.000000232. The van der Waals surface area contributed by atoms with Crippen molar-refractivity contribution < 1.29 is 27.0 Å². The van der Waals surface area contributed by atoms with Gasteiger partial charge >= 0.3 is 0 Å². The summed E-state index contributed by atoms with van der Waals surface area (Å²) in [6.07, 6.45) is 6.25. The van der Waals surface area contributed by atoms with E-state index in [0.29, 0.717) is 12.4 Å². The number of hydrogen-bond donors (Lipinski definition) is 0. The number of rotatable bonds is 6. The molecule has 0 bridgehead atoms. The minimum absolute atomic E-state index is 0.247. The summed E-state index contributed by atoms with van der Waals surface area (Å²) < 4.78 is 43.6. The molecule has 0 atom stereocenters. The van der Waals surface area contributed by atoms with E-state index in [-0.39, 0.29) is 4.90 Å². The Morgan fingerprint density at radius 2 is 1.57 bits per heavy atom. The molecule has 6 nitrogen and oxygen atoms in total. The van der Waals surface area contributed by atoms with E-state index in [2.05, 4.69) is 34.9 Å². The lowest BCUT2D eigenvalue weighted by molar-refractivity contribution is -0.673. The summed E-state index contributed by atoms with van der Waals surface area (Å²) in [7, 11) is -0.835. The SMILES string of the molecule is CCOc1ccc(/C=C/c2cccc[n+]2C)cc1.COc1ccc(S(=O)(=O)[O-])cc1. The Morgan fingerprint density at radius 1 is 0.933 bits per heavy atom. The molecular weight excluding hydrogens is 402 g/mol. The van der Waals surface area contributed by atoms with Crippen LogP contribution in [0.25, 0.3) is 12.2 Å². The highest BCUT2D eigenvalue weighted by molar-refractivity contribution is 7.85. The highest BCUT2D eigenvalue weighted by Crippen LogP contribution is 2.15. The summed E-state index contributed by atoms with van der Waals surface area (Å²) in [4.78, 5) is -0.247. The molecule has 30 heavy (non-hydrogen) atoms. The molecule has 1 aromatic heterocycles. The molecule has 0 radical (unpaired) electrons. The zero-order valence-electron chi connectivity index (χ0n) is 17.2. The molecule has 0 unspecified atom stereocenters. The largest absolute Gasteiger partial charge is 0.744 e. The van der Waals surface area contributed by atoms with Crippen LogP contribution in [-0.2, 0) is 17.2 Å². The Kier molecular flexibility index (Phi) is 8.58. The quantitative estimate of drug-likeness (QED) is 0.443. The van der Waals surface area contributed by atoms with Gasteiger partial charge in [0.15, 0.2) is 6.20 Å². The van der Waals surface area contributed by atoms with Crippen LogP contribution < -0.4 is 14.0 Å². The average Bonchev–Trinajstić information content (AvgIpc) is 2.74. The Labute approximate surface area is 177 Å². The second-order valence-corrected chi connectivity index (χ2v) is 7.58. The summed E-state index contributed by atoms with van der Waals surface area (Å²) in [5, 5.41) is 0. The number of aromatic nitrogens is 1. The molecule has 0 N–H and O–H groups in total. The molecule has 0 saturated heterocycles. The van der Waals surface area contributed by atoms with Gasteiger partial charge < -0.3 is 14.0 Å². The minimum Gasteiger partial charge on any atom is -0.744 e. The summed E-state index contributed by atoms with van der Waals surface area (Å²) in [5.41, 5.74) is 2.34. The summed E-state index contributed by atoms with van der Waals surface area (Å²) in [6, 6.07) is 19.5. The molecule has 2 aromatic carbocycles. The van der Waals surface area contributed by atoms with Gasteiger partial charge in [-0.25, -0.2) is 13.0 Å². The lowest BCUT2D eigenvalue weighted by Crippen LogP contribution is -2.30. The molecule has 3 rings (SSSR count). The summed E-state index contributed by atoms with van der Waals surface area (Å²) in [5.74, 6) is 1.43. The first-order valence-electron chi connectivity index (χ1n) is 9.29. The van der Waals surface area contributed by atoms with E-state index in [4.69, 9.17) is 9.47 Å². The maximum Gasteiger partial charge on any atom is 0.204 e. The highest BCUT2D eigenvalue weighted by atomic mass is 32.2. The molecule has 0 fully saturated rings. The van der Waals surface area contributed by atoms with Crippen LogP contribution in [0.1, 0.15) is 18.2 Å². The van der Waals surface area contributed by atoms with Crippen molar-refractivity contribution in [3.8, 4) is 11.5 Å². The van der Waals surface area contributed by atoms with Gasteiger partial charge in [-0.05, 0) is 61.0 Å². The van der Waals surface area contributed by atoms with E-state index in [1.807, 2.05) is 44.4 Å². The normalized spacial score (nSPS) is 10.9. The van der Waals surface area contributed by atoms with E-state index < -0.39 is 10.1 Å². The molecule has 0 spiro atoms. The second-order valence-electron chi connectivity index (χ2n) is 6.20. The first-order valence-corrected chi connectivity index (χ1v) is 10.7. The number of benzene rings is 2. The van der Waals surface area contributed by atoms with Crippen molar-refractivity contribution in [2.45, 2.75) is 11.8 Å². The van der Waals surface area contributed by atoms with Gasteiger partial charge in [-0.3, -0.25) is 0 Å². The third-order valence-corrected chi connectivity index (χ3v) is 4.93. The highest BCUT2D eigenvalue weighted by Gasteiger charge is 2.00. The standard InChI is InChI=1S/C16H18NO.C7H8O4S/c1-3-18-16-11-8-14(9-12-16)7-10-15-6-4-5-13-17(15)2;1-11-6-2-4-7(5-3-6)12(8,9)10/h4-13H,3H2,1-2H3;2-5H,1H3,(H,8,9,10)/q+1;/p-1/b10-7+;. The minimum atomic E-state index is -4.33. The molecule has 7 heteroatoms. The van der Waals surface area contributed by atoms with E-state index >= 15 is 0 Å². The fourth-order valence-corrected chi connectivity index (χ4v) is 2.94.